The van der Waals surface area contributed by atoms with Gasteiger partial charge in [-0.25, -0.2) is 0 Å². The van der Waals surface area contributed by atoms with Gasteiger partial charge in [-0.3, -0.25) is 10.1 Å². The van der Waals surface area contributed by atoms with Crippen molar-refractivity contribution >= 4 is 0 Å². The van der Waals surface area contributed by atoms with Crippen molar-refractivity contribution in [2.45, 2.75) is 18.6 Å². The molecule has 0 amide bonds. The van der Waals surface area contributed by atoms with Crippen LogP contribution in [0.4, 0.5) is 0 Å². The number of nitro groups is 1. The van der Waals surface area contributed by atoms with Crippen LogP contribution in [-0.4, -0.2) is 22.9 Å². The monoisotopic (exact) mass is 299 g/mol. The van der Waals surface area contributed by atoms with Crippen LogP contribution in [0.3, 0.4) is 0 Å². The summed E-state index contributed by atoms with van der Waals surface area (Å²) in [6, 6.07) is 16.9. The van der Waals surface area contributed by atoms with Crippen molar-refractivity contribution in [1.82, 2.24) is 0 Å². The molecule has 3 atom stereocenters. The zero-order chi connectivity index (χ0) is 15.5. The van der Waals surface area contributed by atoms with Crippen molar-refractivity contribution in [3.63, 3.8) is 0 Å². The second-order valence-electron chi connectivity index (χ2n) is 5.52. The molecule has 0 radical (unpaired) electrons. The lowest BCUT2D eigenvalue weighted by molar-refractivity contribution is -0.486. The van der Waals surface area contributed by atoms with E-state index in [2.05, 4.69) is 0 Å². The van der Waals surface area contributed by atoms with Crippen molar-refractivity contribution in [3.05, 3.63) is 75.8 Å². The van der Waals surface area contributed by atoms with E-state index in [1.807, 2.05) is 42.5 Å². The molecule has 0 bridgehead atoms. The summed E-state index contributed by atoms with van der Waals surface area (Å²) in [7, 11) is 0. The minimum absolute atomic E-state index is 0.213. The summed E-state index contributed by atoms with van der Waals surface area (Å²) in [5.74, 6) is -0.177. The Morgan fingerprint density at radius 3 is 2.50 bits per heavy atom. The van der Waals surface area contributed by atoms with Gasteiger partial charge in [-0.1, -0.05) is 48.5 Å². The molecule has 0 aromatic heterocycles. The Morgan fingerprint density at radius 1 is 1.09 bits per heavy atom. The minimum atomic E-state index is -1.04. The number of fused-ring (bicyclic) bond motifs is 1. The van der Waals surface area contributed by atoms with E-state index < -0.39 is 6.29 Å². The van der Waals surface area contributed by atoms with Gasteiger partial charge >= 0.3 is 0 Å². The molecule has 5 nitrogen and oxygen atoms in total. The van der Waals surface area contributed by atoms with Crippen LogP contribution >= 0.6 is 0 Å². The molecule has 1 N–H and O–H groups in total. The van der Waals surface area contributed by atoms with Gasteiger partial charge in [-0.05, 0) is 18.1 Å². The van der Waals surface area contributed by atoms with Crippen LogP contribution in [0.15, 0.2) is 54.6 Å². The maximum absolute atomic E-state index is 11.1. The molecule has 5 heteroatoms. The smallest absolute Gasteiger partial charge is 0.211 e. The maximum atomic E-state index is 11.1. The van der Waals surface area contributed by atoms with E-state index in [1.54, 1.807) is 12.1 Å². The average molecular weight is 299 g/mol. The Balaban J connectivity index is 1.94. The molecule has 0 saturated heterocycles. The third-order valence-electron chi connectivity index (χ3n) is 4.11. The maximum Gasteiger partial charge on any atom is 0.211 e. The molecule has 22 heavy (non-hydrogen) atoms. The molecule has 0 fully saturated rings. The Morgan fingerprint density at radius 2 is 1.77 bits per heavy atom. The summed E-state index contributed by atoms with van der Waals surface area (Å²) in [6.07, 6.45) is -0.505. The molecule has 1 unspecified atom stereocenters. The predicted octanol–water partition coefficient (Wildman–Crippen LogP) is 2.62. The number of benzene rings is 2. The predicted molar refractivity (Wildman–Crippen MR) is 81.3 cm³/mol. The highest BCUT2D eigenvalue weighted by molar-refractivity contribution is 5.39. The van der Waals surface area contributed by atoms with Gasteiger partial charge in [-0.2, -0.15) is 0 Å². The molecule has 3 rings (SSSR count). The number of ether oxygens (including phenoxy) is 1. The van der Waals surface area contributed by atoms with Crippen LogP contribution in [-0.2, 0) is 6.42 Å². The van der Waals surface area contributed by atoms with Crippen LogP contribution in [0, 0.1) is 16.0 Å². The lowest BCUT2D eigenvalue weighted by Crippen LogP contribution is -2.39. The second kappa shape index (κ2) is 6.15. The van der Waals surface area contributed by atoms with E-state index >= 15 is 0 Å². The van der Waals surface area contributed by atoms with Gasteiger partial charge < -0.3 is 9.84 Å². The van der Waals surface area contributed by atoms with E-state index in [1.165, 1.54) is 0 Å². The summed E-state index contributed by atoms with van der Waals surface area (Å²) in [5.41, 5.74) is 1.83. The first-order valence-corrected chi connectivity index (χ1v) is 7.24. The van der Waals surface area contributed by atoms with Crippen molar-refractivity contribution in [1.29, 1.82) is 0 Å². The van der Waals surface area contributed by atoms with E-state index in [-0.39, 0.29) is 23.3 Å². The number of para-hydroxylation sites is 1. The zero-order valence-electron chi connectivity index (χ0n) is 12.0. The summed E-state index contributed by atoms with van der Waals surface area (Å²) in [4.78, 5) is 10.7. The molecule has 1 aliphatic heterocycles. The molecule has 2 aromatic rings. The molecule has 0 aliphatic carbocycles. The van der Waals surface area contributed by atoms with Crippen LogP contribution < -0.4 is 4.74 Å². The highest BCUT2D eigenvalue weighted by Gasteiger charge is 2.40. The van der Waals surface area contributed by atoms with E-state index in [4.69, 9.17) is 4.74 Å². The fourth-order valence-corrected chi connectivity index (χ4v) is 3.06. The third kappa shape index (κ3) is 2.94. The molecule has 0 spiro atoms. The first-order valence-electron chi connectivity index (χ1n) is 7.24. The van der Waals surface area contributed by atoms with Crippen LogP contribution in [0.1, 0.15) is 17.0 Å². The normalized spacial score (nSPS) is 23.4. The summed E-state index contributed by atoms with van der Waals surface area (Å²) in [6.45, 7) is -0.213. The highest BCUT2D eigenvalue weighted by atomic mass is 16.6. The quantitative estimate of drug-likeness (QED) is 0.696. The van der Waals surface area contributed by atoms with Gasteiger partial charge in [0.25, 0.3) is 0 Å². The average Bonchev–Trinajstić information content (AvgIpc) is 2.51. The summed E-state index contributed by atoms with van der Waals surface area (Å²) < 4.78 is 5.56. The second-order valence-corrected chi connectivity index (χ2v) is 5.52. The summed E-state index contributed by atoms with van der Waals surface area (Å²) in [5, 5.41) is 21.4. The third-order valence-corrected chi connectivity index (χ3v) is 4.11. The molecular formula is C17H17NO4. The van der Waals surface area contributed by atoms with Gasteiger partial charge in [-0.15, -0.1) is 0 Å². The topological polar surface area (TPSA) is 72.6 Å². The van der Waals surface area contributed by atoms with Crippen molar-refractivity contribution in [3.8, 4) is 5.75 Å². The Kier molecular flexibility index (Phi) is 4.06. The standard InChI is InChI=1S/C17H17NO4/c19-17-14(10-12-6-2-1-3-7-12)15(11-18(20)21)13-8-4-5-9-16(13)22-17/h1-9,14-15,17,19H,10-11H2/t14-,15-,17?/m1/s1. The number of aliphatic hydroxyl groups is 1. The Hall–Kier alpha value is -2.40. The van der Waals surface area contributed by atoms with Crippen molar-refractivity contribution < 1.29 is 14.8 Å². The van der Waals surface area contributed by atoms with Gasteiger partial charge in [0, 0.05) is 16.4 Å². The van der Waals surface area contributed by atoms with Gasteiger partial charge in [0.1, 0.15) is 5.75 Å². The Bertz CT molecular complexity index is 659. The lowest BCUT2D eigenvalue weighted by atomic mass is 9.79. The Labute approximate surface area is 128 Å². The SMILES string of the molecule is O=[N+]([O-])C[C@@H]1c2ccccc2OC(O)[C@@H]1Cc1ccccc1. The van der Waals surface area contributed by atoms with Crippen LogP contribution in [0.25, 0.3) is 0 Å². The van der Waals surface area contributed by atoms with Crippen molar-refractivity contribution in [2.75, 3.05) is 6.54 Å². The molecule has 1 aliphatic rings. The highest BCUT2D eigenvalue weighted by Crippen LogP contribution is 2.40. The van der Waals surface area contributed by atoms with Gasteiger partial charge in [0.2, 0.25) is 12.8 Å². The largest absolute Gasteiger partial charge is 0.465 e. The van der Waals surface area contributed by atoms with E-state index in [0.29, 0.717) is 12.2 Å². The summed E-state index contributed by atoms with van der Waals surface area (Å²) >= 11 is 0. The first-order chi connectivity index (χ1) is 10.6. The van der Waals surface area contributed by atoms with Gasteiger partial charge in [0.05, 0.1) is 5.92 Å². The van der Waals surface area contributed by atoms with Crippen molar-refractivity contribution in [2.24, 2.45) is 5.92 Å². The lowest BCUT2D eigenvalue weighted by Gasteiger charge is -2.35. The van der Waals surface area contributed by atoms with E-state index in [0.717, 1.165) is 11.1 Å². The fourth-order valence-electron chi connectivity index (χ4n) is 3.06. The molecule has 114 valence electrons. The zero-order valence-corrected chi connectivity index (χ0v) is 12.0. The number of aliphatic hydroxyl groups excluding tert-OH is 1. The number of rotatable bonds is 4. The molecular weight excluding hydrogens is 282 g/mol. The minimum Gasteiger partial charge on any atom is -0.465 e. The van der Waals surface area contributed by atoms with Gasteiger partial charge in [0.15, 0.2) is 0 Å². The van der Waals surface area contributed by atoms with Crippen LogP contribution in [0.5, 0.6) is 5.75 Å². The number of hydrogen-bond donors (Lipinski definition) is 1. The van der Waals surface area contributed by atoms with E-state index in [9.17, 15) is 15.2 Å². The fraction of sp³-hybridized carbons (Fsp3) is 0.294. The van der Waals surface area contributed by atoms with Crippen LogP contribution in [0.2, 0.25) is 0 Å². The number of hydrogen-bond acceptors (Lipinski definition) is 4. The molecule has 0 saturated carbocycles. The molecule has 1 heterocycles. The first kappa shape index (κ1) is 14.5. The number of nitrogens with zero attached hydrogens (tertiary/aromatic N) is 1. The molecule has 2 aromatic carbocycles.